The summed E-state index contributed by atoms with van der Waals surface area (Å²) >= 11 is 6.09. The molecule has 2 aromatic rings. The monoisotopic (exact) mass is 298 g/mol. The zero-order valence-electron chi connectivity index (χ0n) is 12.1. The second kappa shape index (κ2) is 4.96. The molecule has 2 aliphatic heterocycles. The average molecular weight is 299 g/mol. The zero-order chi connectivity index (χ0) is 14.4. The Morgan fingerprint density at radius 3 is 2.95 bits per heavy atom. The van der Waals surface area contributed by atoms with E-state index in [2.05, 4.69) is 40.7 Å². The number of aromatic amines is 1. The highest BCUT2D eigenvalue weighted by molar-refractivity contribution is 6.29. The highest BCUT2D eigenvalue weighted by Gasteiger charge is 2.29. The van der Waals surface area contributed by atoms with Crippen LogP contribution < -0.4 is 0 Å². The predicted octanol–water partition coefficient (Wildman–Crippen LogP) is 4.67. The molecule has 2 aliphatic rings. The lowest BCUT2D eigenvalue weighted by Gasteiger charge is -2.37. The van der Waals surface area contributed by atoms with Crippen LogP contribution in [0.25, 0.3) is 16.6 Å². The number of fused-ring (bicyclic) bond motifs is 5. The van der Waals surface area contributed by atoms with E-state index in [-0.39, 0.29) is 0 Å². The fourth-order valence-electron chi connectivity index (χ4n) is 3.81. The minimum absolute atomic E-state index is 0.739. The van der Waals surface area contributed by atoms with E-state index in [1.54, 1.807) is 0 Å². The Balaban J connectivity index is 1.94. The second-order valence-corrected chi connectivity index (χ2v) is 6.55. The molecule has 108 valence electrons. The number of aromatic nitrogens is 1. The summed E-state index contributed by atoms with van der Waals surface area (Å²) in [5.74, 6) is 0. The van der Waals surface area contributed by atoms with E-state index in [4.69, 9.17) is 11.6 Å². The van der Waals surface area contributed by atoms with Crippen LogP contribution in [0.4, 0.5) is 0 Å². The SMILES string of the molecule is C=C(Cl)CC1=C2c3[nH]c4ccccc4c3CCN2CCC1. The number of hydrogen-bond acceptors (Lipinski definition) is 1. The van der Waals surface area contributed by atoms with Gasteiger partial charge in [0, 0.05) is 35.4 Å². The second-order valence-electron chi connectivity index (χ2n) is 6.01. The van der Waals surface area contributed by atoms with Gasteiger partial charge in [-0.25, -0.2) is 0 Å². The summed E-state index contributed by atoms with van der Waals surface area (Å²) in [4.78, 5) is 6.17. The maximum atomic E-state index is 6.09. The van der Waals surface area contributed by atoms with Crippen molar-refractivity contribution >= 4 is 28.2 Å². The number of para-hydroxylation sites is 1. The Hall–Kier alpha value is -1.67. The molecule has 0 radical (unpaired) electrons. The van der Waals surface area contributed by atoms with Crippen LogP contribution in [0.2, 0.25) is 0 Å². The van der Waals surface area contributed by atoms with Crippen LogP contribution in [0.1, 0.15) is 30.5 Å². The van der Waals surface area contributed by atoms with Gasteiger partial charge in [0.15, 0.2) is 0 Å². The van der Waals surface area contributed by atoms with Gasteiger partial charge in [-0.2, -0.15) is 0 Å². The molecule has 0 atom stereocenters. The fourth-order valence-corrected chi connectivity index (χ4v) is 3.97. The van der Waals surface area contributed by atoms with Gasteiger partial charge in [0.25, 0.3) is 0 Å². The highest BCUT2D eigenvalue weighted by atomic mass is 35.5. The van der Waals surface area contributed by atoms with Crippen molar-refractivity contribution in [2.75, 3.05) is 13.1 Å². The molecule has 0 aliphatic carbocycles. The van der Waals surface area contributed by atoms with E-state index in [0.717, 1.165) is 37.4 Å². The maximum absolute atomic E-state index is 6.09. The summed E-state index contributed by atoms with van der Waals surface area (Å²) in [7, 11) is 0. The minimum atomic E-state index is 0.739. The molecule has 0 saturated carbocycles. The van der Waals surface area contributed by atoms with E-state index in [1.807, 2.05) is 0 Å². The summed E-state index contributed by atoms with van der Waals surface area (Å²) in [6.45, 7) is 6.16. The Bertz CT molecular complexity index is 754. The molecule has 0 saturated heterocycles. The van der Waals surface area contributed by atoms with Crippen LogP contribution in [-0.2, 0) is 6.42 Å². The molecular weight excluding hydrogens is 280 g/mol. The van der Waals surface area contributed by atoms with Gasteiger partial charge in [-0.05, 0) is 36.5 Å². The standard InChI is InChI=1S/C18H19ClN2/c1-12(19)11-13-5-4-9-21-10-8-15-14-6-2-3-7-16(14)20-17(15)18(13)21/h2-3,6-7,20H,1,4-5,8-11H2. The molecule has 0 fully saturated rings. The third kappa shape index (κ3) is 2.09. The highest BCUT2D eigenvalue weighted by Crippen LogP contribution is 2.40. The van der Waals surface area contributed by atoms with Crippen molar-refractivity contribution in [1.82, 2.24) is 9.88 Å². The molecule has 1 N–H and O–H groups in total. The summed E-state index contributed by atoms with van der Waals surface area (Å²) in [6.07, 6.45) is 4.28. The van der Waals surface area contributed by atoms with Gasteiger partial charge >= 0.3 is 0 Å². The van der Waals surface area contributed by atoms with E-state index in [9.17, 15) is 0 Å². The van der Waals surface area contributed by atoms with Crippen molar-refractivity contribution in [2.24, 2.45) is 0 Å². The number of rotatable bonds is 2. The molecule has 0 spiro atoms. The summed E-state index contributed by atoms with van der Waals surface area (Å²) < 4.78 is 0. The van der Waals surface area contributed by atoms with Gasteiger partial charge in [-0.15, -0.1) is 0 Å². The smallest absolute Gasteiger partial charge is 0.0661 e. The molecular formula is C18H19ClN2. The van der Waals surface area contributed by atoms with Crippen LogP contribution in [0.15, 0.2) is 41.4 Å². The molecule has 3 heterocycles. The fraction of sp³-hybridized carbons (Fsp3) is 0.333. The quantitative estimate of drug-likeness (QED) is 0.853. The average Bonchev–Trinajstić information content (AvgIpc) is 2.85. The Morgan fingerprint density at radius 1 is 1.24 bits per heavy atom. The first-order valence-corrected chi connectivity index (χ1v) is 8.02. The Morgan fingerprint density at radius 2 is 2.10 bits per heavy atom. The number of nitrogens with zero attached hydrogens (tertiary/aromatic N) is 1. The third-order valence-corrected chi connectivity index (χ3v) is 4.78. The van der Waals surface area contributed by atoms with Crippen molar-refractivity contribution in [3.63, 3.8) is 0 Å². The lowest BCUT2D eigenvalue weighted by Crippen LogP contribution is -2.33. The van der Waals surface area contributed by atoms with Crippen molar-refractivity contribution in [1.29, 1.82) is 0 Å². The maximum Gasteiger partial charge on any atom is 0.0661 e. The number of nitrogens with one attached hydrogen (secondary N) is 1. The first-order valence-electron chi connectivity index (χ1n) is 7.64. The minimum Gasteiger partial charge on any atom is -0.370 e. The molecule has 1 aromatic carbocycles. The van der Waals surface area contributed by atoms with Crippen molar-refractivity contribution in [3.05, 3.63) is 52.7 Å². The summed E-state index contributed by atoms with van der Waals surface area (Å²) in [6, 6.07) is 8.61. The zero-order valence-corrected chi connectivity index (χ0v) is 12.8. The topological polar surface area (TPSA) is 19.0 Å². The van der Waals surface area contributed by atoms with Crippen LogP contribution >= 0.6 is 11.6 Å². The van der Waals surface area contributed by atoms with Crippen molar-refractivity contribution < 1.29 is 0 Å². The first kappa shape index (κ1) is 13.0. The lowest BCUT2D eigenvalue weighted by molar-refractivity contribution is 0.362. The molecule has 0 unspecified atom stereocenters. The van der Waals surface area contributed by atoms with Gasteiger partial charge in [0.1, 0.15) is 0 Å². The third-order valence-electron chi connectivity index (χ3n) is 4.65. The van der Waals surface area contributed by atoms with Gasteiger partial charge in [0.05, 0.1) is 11.4 Å². The van der Waals surface area contributed by atoms with E-state index >= 15 is 0 Å². The Kier molecular flexibility index (Phi) is 3.07. The van der Waals surface area contributed by atoms with Crippen LogP contribution in [0.5, 0.6) is 0 Å². The number of H-pyrrole nitrogens is 1. The number of benzene rings is 1. The predicted molar refractivity (Wildman–Crippen MR) is 89.3 cm³/mol. The van der Waals surface area contributed by atoms with Crippen LogP contribution in [-0.4, -0.2) is 23.0 Å². The molecule has 2 nitrogen and oxygen atoms in total. The van der Waals surface area contributed by atoms with Crippen LogP contribution in [0, 0.1) is 0 Å². The van der Waals surface area contributed by atoms with E-state index < -0.39 is 0 Å². The first-order chi connectivity index (χ1) is 10.2. The normalized spacial score (nSPS) is 17.9. The Labute approximate surface area is 130 Å². The van der Waals surface area contributed by atoms with Crippen molar-refractivity contribution in [2.45, 2.75) is 25.7 Å². The lowest BCUT2D eigenvalue weighted by atomic mass is 9.91. The number of halogens is 1. The molecule has 0 amide bonds. The van der Waals surface area contributed by atoms with E-state index in [1.165, 1.54) is 39.9 Å². The molecule has 3 heteroatoms. The summed E-state index contributed by atoms with van der Waals surface area (Å²) in [5, 5.41) is 2.11. The molecule has 1 aromatic heterocycles. The van der Waals surface area contributed by atoms with Gasteiger partial charge in [-0.1, -0.05) is 36.4 Å². The van der Waals surface area contributed by atoms with E-state index in [0.29, 0.717) is 0 Å². The van der Waals surface area contributed by atoms with Gasteiger partial charge < -0.3 is 9.88 Å². The molecule has 4 rings (SSSR count). The largest absolute Gasteiger partial charge is 0.370 e. The number of allylic oxidation sites excluding steroid dienone is 2. The van der Waals surface area contributed by atoms with Gasteiger partial charge in [0.2, 0.25) is 0 Å². The summed E-state index contributed by atoms with van der Waals surface area (Å²) in [5.41, 5.74) is 6.85. The van der Waals surface area contributed by atoms with Crippen LogP contribution in [0.3, 0.4) is 0 Å². The van der Waals surface area contributed by atoms with Crippen molar-refractivity contribution in [3.8, 4) is 0 Å². The number of hydrogen-bond donors (Lipinski definition) is 1. The van der Waals surface area contributed by atoms with Gasteiger partial charge in [-0.3, -0.25) is 0 Å². The molecule has 21 heavy (non-hydrogen) atoms. The molecule has 0 bridgehead atoms.